The molecule has 0 bridgehead atoms. The highest BCUT2D eigenvalue weighted by atomic mass is 16.1. The van der Waals surface area contributed by atoms with Gasteiger partial charge in [0.2, 0.25) is 5.70 Å². The summed E-state index contributed by atoms with van der Waals surface area (Å²) in [4.78, 5) is 28.5. The molecule has 1 saturated carbocycles. The average molecular weight is 330 g/mol. The number of ketones is 2. The van der Waals surface area contributed by atoms with Crippen LogP contribution in [-0.2, 0) is 9.59 Å². The summed E-state index contributed by atoms with van der Waals surface area (Å²) in [5.74, 6) is 2.21. The summed E-state index contributed by atoms with van der Waals surface area (Å²) in [6.07, 6.45) is 11.9. The number of Topliss-reactive ketones (excluding diaryl/α,β-unsaturated/α-hetero) is 1. The van der Waals surface area contributed by atoms with E-state index in [9.17, 15) is 14.9 Å². The second-order valence-corrected chi connectivity index (χ2v) is 7.77. The molecule has 3 aliphatic rings. The van der Waals surface area contributed by atoms with E-state index in [1.807, 2.05) is 26.8 Å². The first-order valence-corrected chi connectivity index (χ1v) is 8.19. The zero-order chi connectivity index (χ0) is 18.6. The van der Waals surface area contributed by atoms with Crippen LogP contribution in [0.1, 0.15) is 33.6 Å². The first-order chi connectivity index (χ1) is 11.7. The molecule has 3 aliphatic carbocycles. The number of carbonyl (C=O) groups excluding carboxylic acids is 2. The van der Waals surface area contributed by atoms with E-state index in [2.05, 4.69) is 10.8 Å². The maximum atomic E-state index is 12.7. The van der Waals surface area contributed by atoms with Crippen molar-refractivity contribution in [2.45, 2.75) is 33.6 Å². The molecule has 124 valence electrons. The Hall–Kier alpha value is -2.90. The van der Waals surface area contributed by atoms with Gasteiger partial charge < -0.3 is 4.79 Å². The van der Waals surface area contributed by atoms with E-state index in [-0.39, 0.29) is 28.8 Å². The molecule has 0 aromatic carbocycles. The number of terminal acetylenes is 1. The first kappa shape index (κ1) is 16.9. The van der Waals surface area contributed by atoms with Crippen molar-refractivity contribution in [3.8, 4) is 18.4 Å². The van der Waals surface area contributed by atoms with Gasteiger partial charge in [-0.05, 0) is 36.5 Å². The van der Waals surface area contributed by atoms with E-state index in [1.54, 1.807) is 12.2 Å². The Morgan fingerprint density at radius 2 is 2.00 bits per heavy atom. The molecule has 0 radical (unpaired) electrons. The molecular weight excluding hydrogens is 312 g/mol. The Kier molecular flexibility index (Phi) is 3.42. The van der Waals surface area contributed by atoms with Crippen LogP contribution in [0.3, 0.4) is 0 Å². The fourth-order valence-corrected chi connectivity index (χ4v) is 4.92. The van der Waals surface area contributed by atoms with Crippen LogP contribution in [0.5, 0.6) is 0 Å². The lowest BCUT2D eigenvalue weighted by Gasteiger charge is -2.56. The highest BCUT2D eigenvalue weighted by molar-refractivity contribution is 6.09. The number of allylic oxidation sites excluding steroid dienone is 6. The van der Waals surface area contributed by atoms with Gasteiger partial charge in [-0.2, -0.15) is 5.26 Å². The molecule has 0 unspecified atom stereocenters. The lowest BCUT2D eigenvalue weighted by Crippen LogP contribution is -2.53. The van der Waals surface area contributed by atoms with E-state index in [4.69, 9.17) is 13.0 Å². The van der Waals surface area contributed by atoms with Crippen LogP contribution < -0.4 is 0 Å². The molecule has 0 aliphatic heterocycles. The van der Waals surface area contributed by atoms with Crippen molar-refractivity contribution in [2.75, 3.05) is 0 Å². The van der Waals surface area contributed by atoms with Gasteiger partial charge in [0.05, 0.1) is 17.6 Å². The molecule has 25 heavy (non-hydrogen) atoms. The van der Waals surface area contributed by atoms with Crippen molar-refractivity contribution in [2.24, 2.45) is 22.2 Å². The van der Waals surface area contributed by atoms with Crippen LogP contribution in [-0.4, -0.2) is 11.6 Å². The molecule has 0 N–H and O–H groups in total. The van der Waals surface area contributed by atoms with Crippen molar-refractivity contribution < 1.29 is 9.59 Å². The molecule has 0 saturated heterocycles. The number of hydrogen-bond donors (Lipinski definition) is 0. The Morgan fingerprint density at radius 3 is 2.56 bits per heavy atom. The number of nitriles is 1. The molecule has 0 heterocycles. The summed E-state index contributed by atoms with van der Waals surface area (Å²) in [7, 11) is 0. The van der Waals surface area contributed by atoms with E-state index >= 15 is 0 Å². The molecule has 3 atom stereocenters. The van der Waals surface area contributed by atoms with E-state index < -0.39 is 16.2 Å². The summed E-state index contributed by atoms with van der Waals surface area (Å²) in [5, 5.41) is 9.22. The molecule has 0 spiro atoms. The average Bonchev–Trinajstić information content (AvgIpc) is 2.58. The second kappa shape index (κ2) is 5.05. The Labute approximate surface area is 147 Å². The molecule has 4 nitrogen and oxygen atoms in total. The predicted molar refractivity (Wildman–Crippen MR) is 92.4 cm³/mol. The maximum Gasteiger partial charge on any atom is 0.226 e. The fraction of sp³-hybridized carbons (Fsp3) is 0.429. The van der Waals surface area contributed by atoms with Gasteiger partial charge >= 0.3 is 0 Å². The molecule has 4 heteroatoms. The molecule has 1 fully saturated rings. The van der Waals surface area contributed by atoms with Crippen LogP contribution >= 0.6 is 0 Å². The monoisotopic (exact) mass is 330 g/mol. The molecule has 0 aromatic heterocycles. The summed E-state index contributed by atoms with van der Waals surface area (Å²) < 4.78 is 0. The van der Waals surface area contributed by atoms with Gasteiger partial charge in [-0.1, -0.05) is 32.8 Å². The minimum absolute atomic E-state index is 0.0595. The van der Waals surface area contributed by atoms with Crippen LogP contribution in [0.4, 0.5) is 0 Å². The van der Waals surface area contributed by atoms with Crippen molar-refractivity contribution in [3.63, 3.8) is 0 Å². The number of rotatable bonds is 0. The number of nitrogens with zero attached hydrogens (tertiary/aromatic N) is 2. The quantitative estimate of drug-likeness (QED) is 0.505. The van der Waals surface area contributed by atoms with E-state index in [1.165, 1.54) is 6.08 Å². The van der Waals surface area contributed by atoms with Crippen molar-refractivity contribution in [1.82, 2.24) is 0 Å². The summed E-state index contributed by atoms with van der Waals surface area (Å²) >= 11 is 0. The topological polar surface area (TPSA) is 62.3 Å². The highest BCUT2D eigenvalue weighted by Gasteiger charge is 2.59. The van der Waals surface area contributed by atoms with Gasteiger partial charge in [-0.25, -0.2) is 4.85 Å². The van der Waals surface area contributed by atoms with Gasteiger partial charge in [0.15, 0.2) is 11.6 Å². The number of hydrogen-bond acceptors (Lipinski definition) is 3. The third kappa shape index (κ3) is 2.00. The molecule has 3 rings (SSSR count). The molecule has 0 amide bonds. The van der Waals surface area contributed by atoms with Gasteiger partial charge in [-0.15, -0.1) is 6.42 Å². The zero-order valence-electron chi connectivity index (χ0n) is 14.5. The summed E-state index contributed by atoms with van der Waals surface area (Å²) in [5.41, 5.74) is -1.32. The highest BCUT2D eigenvalue weighted by Crippen LogP contribution is 2.63. The summed E-state index contributed by atoms with van der Waals surface area (Å²) in [6, 6.07) is 1.93. The van der Waals surface area contributed by atoms with E-state index in [0.29, 0.717) is 12.8 Å². The summed E-state index contributed by atoms with van der Waals surface area (Å²) in [6.45, 7) is 13.1. The lowest BCUT2D eigenvalue weighted by molar-refractivity contribution is -0.130. The number of fused-ring (bicyclic) bond motifs is 3. The van der Waals surface area contributed by atoms with Crippen LogP contribution in [0.2, 0.25) is 0 Å². The zero-order valence-corrected chi connectivity index (χ0v) is 14.5. The van der Waals surface area contributed by atoms with Crippen molar-refractivity contribution in [3.05, 3.63) is 46.5 Å². The normalized spacial score (nSPS) is 35.7. The van der Waals surface area contributed by atoms with Gasteiger partial charge in [-0.3, -0.25) is 4.79 Å². The Morgan fingerprint density at radius 1 is 1.32 bits per heavy atom. The SMILES string of the molecule is [C-]#[N+]C1=C[C@@]2(C)C3=CC(=O)C(C#N)=C[C@@]3(C#C)CC[C@@H]2C(C)(C)C1=O. The van der Waals surface area contributed by atoms with Crippen LogP contribution in [0, 0.1) is 52.4 Å². The molecular formula is C21H18N2O2. The van der Waals surface area contributed by atoms with Crippen LogP contribution in [0.15, 0.2) is 35.1 Å². The van der Waals surface area contributed by atoms with E-state index in [0.717, 1.165) is 5.57 Å². The smallest absolute Gasteiger partial charge is 0.226 e. The first-order valence-electron chi connectivity index (χ1n) is 8.19. The lowest BCUT2D eigenvalue weighted by atomic mass is 9.46. The van der Waals surface area contributed by atoms with Crippen molar-refractivity contribution >= 4 is 11.6 Å². The van der Waals surface area contributed by atoms with Gasteiger partial charge in [0, 0.05) is 10.8 Å². The predicted octanol–water partition coefficient (Wildman–Crippen LogP) is 3.39. The molecule has 0 aromatic rings. The minimum atomic E-state index is -0.815. The standard InChI is InChI=1S/C21H18N2O2/c1-6-21-8-7-16-19(2,3)18(25)14(23-5)11-20(16,4)17(21)9-15(24)13(10-21)12-22/h1,9-11,16H,7-8H2,2-4H3/t16-,20-,21-/m1/s1. The van der Waals surface area contributed by atoms with Crippen molar-refractivity contribution in [1.29, 1.82) is 5.26 Å². The Balaban J connectivity index is 2.31. The Bertz CT molecular complexity index is 926. The third-order valence-electron chi connectivity index (χ3n) is 6.17. The maximum absolute atomic E-state index is 12.7. The number of carbonyl (C=O) groups is 2. The minimum Gasteiger partial charge on any atom is -0.307 e. The third-order valence-corrected chi connectivity index (χ3v) is 6.17. The van der Waals surface area contributed by atoms with Gasteiger partial charge in [0.25, 0.3) is 0 Å². The fourth-order valence-electron chi connectivity index (χ4n) is 4.92. The largest absolute Gasteiger partial charge is 0.307 e. The van der Waals surface area contributed by atoms with Crippen LogP contribution in [0.25, 0.3) is 4.85 Å². The van der Waals surface area contributed by atoms with Gasteiger partial charge in [0.1, 0.15) is 6.07 Å². The second-order valence-electron chi connectivity index (χ2n) is 7.77.